The second-order valence-electron chi connectivity index (χ2n) is 5.07. The number of rotatable bonds is 6. The van der Waals surface area contributed by atoms with E-state index in [1.165, 1.54) is 16.3 Å². The third-order valence-corrected chi connectivity index (χ3v) is 4.40. The maximum Gasteiger partial charge on any atom is 0.360 e. The third-order valence-electron chi connectivity index (χ3n) is 3.37. The number of ether oxygens (including phenoxy) is 1. The monoisotopic (exact) mass is 327 g/mol. The van der Waals surface area contributed by atoms with Gasteiger partial charge in [-0.1, -0.05) is 47.6 Å². The van der Waals surface area contributed by atoms with Gasteiger partial charge < -0.3 is 9.26 Å². The smallest absolute Gasteiger partial charge is 0.360 e. The highest BCUT2D eigenvalue weighted by Crippen LogP contribution is 2.22. The van der Waals surface area contributed by atoms with Crippen LogP contribution in [0.3, 0.4) is 0 Å². The first kappa shape index (κ1) is 15.6. The van der Waals surface area contributed by atoms with Gasteiger partial charge in [-0.05, 0) is 23.3 Å². The average Bonchev–Trinajstić information content (AvgIpc) is 3.04. The minimum Gasteiger partial charge on any atom is -0.461 e. The van der Waals surface area contributed by atoms with Crippen molar-refractivity contribution in [1.29, 1.82) is 0 Å². The van der Waals surface area contributed by atoms with Crippen LogP contribution in [0.15, 0.2) is 53.1 Å². The first-order valence-electron chi connectivity index (χ1n) is 7.44. The zero-order valence-corrected chi connectivity index (χ0v) is 13.6. The maximum atomic E-state index is 11.5. The Bertz CT molecular complexity index is 813. The molecule has 0 N–H and O–H groups in total. The van der Waals surface area contributed by atoms with E-state index < -0.39 is 5.97 Å². The van der Waals surface area contributed by atoms with Crippen molar-refractivity contribution in [3.8, 4) is 0 Å². The van der Waals surface area contributed by atoms with E-state index in [0.717, 1.165) is 5.75 Å². The van der Waals surface area contributed by atoms with Crippen LogP contribution in [0.1, 0.15) is 28.7 Å². The molecule has 0 unspecified atom stereocenters. The summed E-state index contributed by atoms with van der Waals surface area (Å²) in [7, 11) is 0. The molecule has 0 amide bonds. The summed E-state index contributed by atoms with van der Waals surface area (Å²) in [5, 5.41) is 6.23. The largest absolute Gasteiger partial charge is 0.461 e. The predicted octanol–water partition coefficient (Wildman–Crippen LogP) is 4.44. The van der Waals surface area contributed by atoms with Crippen LogP contribution >= 0.6 is 11.8 Å². The Labute approximate surface area is 138 Å². The number of aromatic nitrogens is 1. The predicted molar refractivity (Wildman–Crippen MR) is 91.4 cm³/mol. The first-order valence-corrected chi connectivity index (χ1v) is 8.60. The molecule has 0 spiro atoms. The number of esters is 1. The molecule has 3 rings (SSSR count). The van der Waals surface area contributed by atoms with Gasteiger partial charge >= 0.3 is 5.97 Å². The van der Waals surface area contributed by atoms with Gasteiger partial charge in [-0.15, -0.1) is 11.8 Å². The zero-order chi connectivity index (χ0) is 16.1. The lowest BCUT2D eigenvalue weighted by Gasteiger charge is -2.03. The molecule has 23 heavy (non-hydrogen) atoms. The molecule has 1 aromatic heterocycles. The Kier molecular flexibility index (Phi) is 4.98. The fraction of sp³-hybridized carbons (Fsp3) is 0.222. The number of carbonyl (C=O) groups is 1. The van der Waals surface area contributed by atoms with Crippen molar-refractivity contribution in [2.75, 3.05) is 6.61 Å². The molecule has 2 aromatic carbocycles. The van der Waals surface area contributed by atoms with Crippen LogP contribution in [0.2, 0.25) is 0 Å². The minimum absolute atomic E-state index is 0.230. The molecule has 5 heteroatoms. The van der Waals surface area contributed by atoms with Gasteiger partial charge in [0.25, 0.3) is 0 Å². The molecule has 0 aliphatic rings. The molecular formula is C18H17NO3S. The summed E-state index contributed by atoms with van der Waals surface area (Å²) >= 11 is 1.72. The topological polar surface area (TPSA) is 52.3 Å². The van der Waals surface area contributed by atoms with Gasteiger partial charge in [0.15, 0.2) is 5.69 Å². The Morgan fingerprint density at radius 2 is 1.96 bits per heavy atom. The van der Waals surface area contributed by atoms with E-state index in [4.69, 9.17) is 9.26 Å². The summed E-state index contributed by atoms with van der Waals surface area (Å²) < 4.78 is 10.1. The number of hydrogen-bond donors (Lipinski definition) is 0. The average molecular weight is 327 g/mol. The van der Waals surface area contributed by atoms with E-state index in [1.807, 2.05) is 12.1 Å². The van der Waals surface area contributed by atoms with Gasteiger partial charge in [-0.2, -0.15) is 0 Å². The Morgan fingerprint density at radius 1 is 1.13 bits per heavy atom. The molecule has 0 saturated heterocycles. The standard InChI is InChI=1S/C18H17NO3S/c1-2-21-18(20)17-10-16(22-19-17)12-23-11-13-7-8-14-5-3-4-6-15(14)9-13/h3-10H,2,11-12H2,1H3. The van der Waals surface area contributed by atoms with Crippen molar-refractivity contribution in [3.05, 3.63) is 65.5 Å². The van der Waals surface area contributed by atoms with Crippen LogP contribution in [0.25, 0.3) is 10.8 Å². The fourth-order valence-electron chi connectivity index (χ4n) is 2.28. The quantitative estimate of drug-likeness (QED) is 0.627. The molecule has 118 valence electrons. The summed E-state index contributed by atoms with van der Waals surface area (Å²) in [6, 6.07) is 16.4. The number of thioether (sulfide) groups is 1. The Hall–Kier alpha value is -2.27. The molecule has 0 atom stereocenters. The van der Waals surface area contributed by atoms with E-state index in [-0.39, 0.29) is 5.69 Å². The van der Waals surface area contributed by atoms with Crippen LogP contribution in [-0.4, -0.2) is 17.7 Å². The zero-order valence-electron chi connectivity index (χ0n) is 12.8. The molecule has 0 aliphatic carbocycles. The van der Waals surface area contributed by atoms with Crippen molar-refractivity contribution in [3.63, 3.8) is 0 Å². The maximum absolute atomic E-state index is 11.5. The molecule has 0 fully saturated rings. The highest BCUT2D eigenvalue weighted by atomic mass is 32.2. The lowest BCUT2D eigenvalue weighted by atomic mass is 10.1. The minimum atomic E-state index is -0.443. The Morgan fingerprint density at radius 3 is 2.78 bits per heavy atom. The second-order valence-corrected chi connectivity index (χ2v) is 6.06. The van der Waals surface area contributed by atoms with Gasteiger partial charge in [0, 0.05) is 11.8 Å². The molecular weight excluding hydrogens is 310 g/mol. The highest BCUT2D eigenvalue weighted by Gasteiger charge is 2.13. The number of hydrogen-bond acceptors (Lipinski definition) is 5. The summed E-state index contributed by atoms with van der Waals surface area (Å²) in [6.45, 7) is 2.09. The van der Waals surface area contributed by atoms with E-state index in [2.05, 4.69) is 35.5 Å². The second kappa shape index (κ2) is 7.33. The molecule has 4 nitrogen and oxygen atoms in total. The number of benzene rings is 2. The number of fused-ring (bicyclic) bond motifs is 1. The lowest BCUT2D eigenvalue weighted by Crippen LogP contribution is -2.04. The van der Waals surface area contributed by atoms with E-state index in [9.17, 15) is 4.79 Å². The van der Waals surface area contributed by atoms with Gasteiger partial charge in [-0.25, -0.2) is 4.79 Å². The van der Waals surface area contributed by atoms with E-state index in [0.29, 0.717) is 18.1 Å². The SMILES string of the molecule is CCOC(=O)c1cc(CSCc2ccc3ccccc3c2)on1. The van der Waals surface area contributed by atoms with Crippen LogP contribution in [-0.2, 0) is 16.2 Å². The molecule has 1 heterocycles. The molecule has 3 aromatic rings. The van der Waals surface area contributed by atoms with Crippen molar-refractivity contribution in [1.82, 2.24) is 5.16 Å². The lowest BCUT2D eigenvalue weighted by molar-refractivity contribution is 0.0514. The fourth-order valence-corrected chi connectivity index (χ4v) is 3.13. The van der Waals surface area contributed by atoms with Crippen LogP contribution in [0.4, 0.5) is 0 Å². The molecule has 0 bridgehead atoms. The van der Waals surface area contributed by atoms with Crippen LogP contribution in [0, 0.1) is 0 Å². The summed E-state index contributed by atoms with van der Waals surface area (Å²) in [5.74, 6) is 1.78. The highest BCUT2D eigenvalue weighted by molar-refractivity contribution is 7.97. The molecule has 0 saturated carbocycles. The summed E-state index contributed by atoms with van der Waals surface area (Å²) in [6.07, 6.45) is 0. The third kappa shape index (κ3) is 3.93. The normalized spacial score (nSPS) is 10.8. The van der Waals surface area contributed by atoms with Gasteiger partial charge in [0.05, 0.1) is 12.4 Å². The van der Waals surface area contributed by atoms with Crippen molar-refractivity contribution < 1.29 is 14.1 Å². The summed E-state index contributed by atoms with van der Waals surface area (Å²) in [5.41, 5.74) is 1.49. The van der Waals surface area contributed by atoms with Crippen molar-refractivity contribution in [2.24, 2.45) is 0 Å². The number of nitrogens with zero attached hydrogens (tertiary/aromatic N) is 1. The van der Waals surface area contributed by atoms with Gasteiger partial charge in [0.2, 0.25) is 0 Å². The van der Waals surface area contributed by atoms with Crippen molar-refractivity contribution in [2.45, 2.75) is 18.4 Å². The number of carbonyl (C=O) groups excluding carboxylic acids is 1. The Balaban J connectivity index is 1.57. The first-order chi connectivity index (χ1) is 11.3. The van der Waals surface area contributed by atoms with Crippen LogP contribution < -0.4 is 0 Å². The van der Waals surface area contributed by atoms with Gasteiger partial charge in [-0.3, -0.25) is 0 Å². The summed E-state index contributed by atoms with van der Waals surface area (Å²) in [4.78, 5) is 11.5. The van der Waals surface area contributed by atoms with E-state index in [1.54, 1.807) is 24.8 Å². The van der Waals surface area contributed by atoms with Crippen molar-refractivity contribution >= 4 is 28.5 Å². The van der Waals surface area contributed by atoms with E-state index >= 15 is 0 Å². The molecule has 0 aliphatic heterocycles. The van der Waals surface area contributed by atoms with Crippen LogP contribution in [0.5, 0.6) is 0 Å². The van der Waals surface area contributed by atoms with Gasteiger partial charge in [0.1, 0.15) is 5.76 Å². The molecule has 0 radical (unpaired) electrons.